The standard InChI is InChI=1S/C78H92S8/c1-5-9-13-17-21-25-29-61-51-53-79-75(61)69-47-43-65(81-69)67-45-49-71(83-67)77-63(31-27-23-19-15-11-7-3)55-73(85-77)59-39-35-57(36-40-59)33-34-58-37-41-60(42-38-58)74-56-64(32-28-24-20-16-12-8-4)78(86-74)72-50-46-68(84-72)66-44-48-70(82-66)76-62(52-54-80-76)30-26-22-18-14-10-6-2/h33-56H,5-32H2,1-4H3/b34-33+. The zero-order chi connectivity index (χ0) is 59.1. The quantitative estimate of drug-likeness (QED) is 0.0267. The van der Waals surface area contributed by atoms with E-state index in [4.69, 9.17) is 0 Å². The molecule has 452 valence electrons. The largest absolute Gasteiger partial charge is 0.143 e. The van der Waals surface area contributed by atoms with Gasteiger partial charge in [-0.25, -0.2) is 0 Å². The first kappa shape index (κ1) is 64.8. The van der Waals surface area contributed by atoms with Gasteiger partial charge in [-0.2, -0.15) is 0 Å². The highest BCUT2D eigenvalue weighted by Gasteiger charge is 2.20. The molecule has 0 aliphatic carbocycles. The third-order valence-corrected chi connectivity index (χ3v) is 26.8. The number of hydrogen-bond donors (Lipinski definition) is 0. The first-order chi connectivity index (χ1) is 42.5. The van der Waals surface area contributed by atoms with Crippen LogP contribution in [0.15, 0.2) is 132 Å². The van der Waals surface area contributed by atoms with E-state index in [1.54, 1.807) is 0 Å². The van der Waals surface area contributed by atoms with E-state index in [-0.39, 0.29) is 0 Å². The van der Waals surface area contributed by atoms with Crippen LogP contribution >= 0.6 is 90.7 Å². The van der Waals surface area contributed by atoms with Gasteiger partial charge in [0.05, 0.1) is 0 Å². The van der Waals surface area contributed by atoms with Crippen molar-refractivity contribution in [1.29, 1.82) is 0 Å². The highest BCUT2D eigenvalue weighted by Crippen LogP contribution is 2.49. The van der Waals surface area contributed by atoms with Crippen LogP contribution in [0.5, 0.6) is 0 Å². The molecule has 8 heteroatoms. The molecular formula is C78H92S8. The molecule has 10 rings (SSSR count). The molecule has 0 unspecified atom stereocenters. The molecule has 0 amide bonds. The predicted octanol–water partition coefficient (Wildman–Crippen LogP) is 29.3. The molecule has 0 radical (unpaired) electrons. The van der Waals surface area contributed by atoms with E-state index in [9.17, 15) is 0 Å². The van der Waals surface area contributed by atoms with Crippen molar-refractivity contribution in [1.82, 2.24) is 0 Å². The van der Waals surface area contributed by atoms with Crippen LogP contribution in [0.25, 0.3) is 91.6 Å². The minimum absolute atomic E-state index is 1.14. The Labute approximate surface area is 550 Å². The summed E-state index contributed by atoms with van der Waals surface area (Å²) in [4.78, 5) is 19.9. The molecule has 86 heavy (non-hydrogen) atoms. The summed E-state index contributed by atoms with van der Waals surface area (Å²) in [5.41, 5.74) is 11.2. The molecule has 0 atom stereocenters. The van der Waals surface area contributed by atoms with Gasteiger partial charge in [0, 0.05) is 68.3 Å². The number of unbranched alkanes of at least 4 members (excludes halogenated alkanes) is 20. The Hall–Kier alpha value is -4.22. The Morgan fingerprint density at radius 2 is 0.523 bits per heavy atom. The minimum Gasteiger partial charge on any atom is -0.143 e. The van der Waals surface area contributed by atoms with Gasteiger partial charge >= 0.3 is 0 Å². The van der Waals surface area contributed by atoms with Crippen molar-refractivity contribution < 1.29 is 0 Å². The fourth-order valence-electron chi connectivity index (χ4n) is 11.9. The fourth-order valence-corrected chi connectivity index (χ4v) is 21.1. The molecular weight excluding hydrogens is 1190 g/mol. The third-order valence-electron chi connectivity index (χ3n) is 17.0. The highest BCUT2D eigenvalue weighted by molar-refractivity contribution is 7.30. The third kappa shape index (κ3) is 18.2. The van der Waals surface area contributed by atoms with Crippen LogP contribution in [0.4, 0.5) is 0 Å². The lowest BCUT2D eigenvalue weighted by atomic mass is 10.0. The van der Waals surface area contributed by atoms with Gasteiger partial charge in [-0.3, -0.25) is 0 Å². The summed E-state index contributed by atoms with van der Waals surface area (Å²) in [6, 6.07) is 47.5. The van der Waals surface area contributed by atoms with E-state index in [2.05, 4.69) is 172 Å². The number of thiophene rings is 8. The second kappa shape index (κ2) is 34.7. The zero-order valence-corrected chi connectivity index (χ0v) is 58.5. The number of hydrogen-bond acceptors (Lipinski definition) is 8. The summed E-state index contributed by atoms with van der Waals surface area (Å²) < 4.78 is 0. The van der Waals surface area contributed by atoms with Crippen molar-refractivity contribution in [2.75, 3.05) is 0 Å². The maximum absolute atomic E-state index is 2.52. The minimum atomic E-state index is 1.14. The average molecular weight is 1290 g/mol. The molecule has 8 aromatic heterocycles. The second-order valence-corrected chi connectivity index (χ2v) is 32.1. The van der Waals surface area contributed by atoms with Crippen molar-refractivity contribution in [3.05, 3.63) is 165 Å². The van der Waals surface area contributed by atoms with Gasteiger partial charge in [-0.1, -0.05) is 217 Å². The first-order valence-electron chi connectivity index (χ1n) is 33.2. The molecule has 0 spiro atoms. The normalized spacial score (nSPS) is 11.8. The van der Waals surface area contributed by atoms with Crippen molar-refractivity contribution in [3.8, 4) is 79.4 Å². The number of aryl methyl sites for hydroxylation is 4. The van der Waals surface area contributed by atoms with Gasteiger partial charge in [-0.05, 0) is 179 Å². The van der Waals surface area contributed by atoms with Crippen LogP contribution in [0.1, 0.15) is 215 Å². The van der Waals surface area contributed by atoms with Gasteiger partial charge in [0.15, 0.2) is 0 Å². The molecule has 8 heterocycles. The van der Waals surface area contributed by atoms with Crippen LogP contribution in [0.2, 0.25) is 0 Å². The smallest absolute Gasteiger partial charge is 0.0481 e. The SMILES string of the molecule is CCCCCCCCc1ccsc1-c1ccc(-c2ccc(-c3sc(-c4ccc(/C=C/c5ccc(-c6cc(CCCCCCCC)c(-c7ccc(-c8ccc(-c9sccc9CCCCCCCC)s8)s7)s6)cc5)cc4)cc3CCCCCCCC)s2)s1. The van der Waals surface area contributed by atoms with Crippen LogP contribution in [0, 0.1) is 0 Å². The molecule has 0 nitrogen and oxygen atoms in total. The molecule has 0 saturated carbocycles. The van der Waals surface area contributed by atoms with E-state index >= 15 is 0 Å². The summed E-state index contributed by atoms with van der Waals surface area (Å²) in [6.45, 7) is 9.23. The van der Waals surface area contributed by atoms with Gasteiger partial charge in [0.2, 0.25) is 0 Å². The molecule has 0 fully saturated rings. The Morgan fingerprint density at radius 1 is 0.244 bits per heavy atom. The molecule has 10 aromatic rings. The predicted molar refractivity (Wildman–Crippen MR) is 397 cm³/mol. The molecule has 0 bridgehead atoms. The summed E-state index contributed by atoms with van der Waals surface area (Å²) in [5.74, 6) is 0. The average Bonchev–Trinajstić information content (AvgIpc) is 4.18. The summed E-state index contributed by atoms with van der Waals surface area (Å²) in [6.07, 6.45) is 41.2. The molecule has 0 aliphatic heterocycles. The van der Waals surface area contributed by atoms with Crippen molar-refractivity contribution in [3.63, 3.8) is 0 Å². The molecule has 2 aromatic carbocycles. The van der Waals surface area contributed by atoms with Crippen LogP contribution in [-0.4, -0.2) is 0 Å². The van der Waals surface area contributed by atoms with E-state index in [0.717, 1.165) is 12.8 Å². The first-order valence-corrected chi connectivity index (χ1v) is 39.8. The Bertz CT molecular complexity index is 3330. The van der Waals surface area contributed by atoms with E-state index < -0.39 is 0 Å². The summed E-state index contributed by atoms with van der Waals surface area (Å²) in [5, 5.41) is 4.61. The molecule has 0 N–H and O–H groups in total. The van der Waals surface area contributed by atoms with Crippen LogP contribution in [-0.2, 0) is 25.7 Å². The lowest BCUT2D eigenvalue weighted by Crippen LogP contribution is -1.86. The molecule has 0 saturated heterocycles. The topological polar surface area (TPSA) is 0 Å². The van der Waals surface area contributed by atoms with Crippen molar-refractivity contribution in [2.24, 2.45) is 0 Å². The second-order valence-electron chi connectivity index (χ2n) is 23.8. The lowest BCUT2D eigenvalue weighted by molar-refractivity contribution is 0.608. The van der Waals surface area contributed by atoms with Crippen LogP contribution in [0.3, 0.4) is 0 Å². The number of benzene rings is 2. The van der Waals surface area contributed by atoms with Gasteiger partial charge in [0.1, 0.15) is 0 Å². The monoisotopic (exact) mass is 1280 g/mol. The van der Waals surface area contributed by atoms with Crippen molar-refractivity contribution >= 4 is 103 Å². The van der Waals surface area contributed by atoms with Gasteiger partial charge in [0.25, 0.3) is 0 Å². The lowest BCUT2D eigenvalue weighted by Gasteiger charge is -2.03. The summed E-state index contributed by atoms with van der Waals surface area (Å²) in [7, 11) is 0. The van der Waals surface area contributed by atoms with E-state index in [1.807, 2.05) is 90.7 Å². The summed E-state index contributed by atoms with van der Waals surface area (Å²) >= 11 is 15.7. The Kier molecular flexibility index (Phi) is 26.1. The number of rotatable bonds is 38. The maximum atomic E-state index is 2.52. The maximum Gasteiger partial charge on any atom is 0.0481 e. The fraction of sp³-hybridized carbons (Fsp3) is 0.410. The van der Waals surface area contributed by atoms with Crippen molar-refractivity contribution in [2.45, 2.75) is 207 Å². The van der Waals surface area contributed by atoms with Crippen LogP contribution < -0.4 is 0 Å². The van der Waals surface area contributed by atoms with Gasteiger partial charge in [-0.15, -0.1) is 90.7 Å². The van der Waals surface area contributed by atoms with Gasteiger partial charge < -0.3 is 0 Å². The van der Waals surface area contributed by atoms with E-state index in [0.29, 0.717) is 0 Å². The molecule has 0 aliphatic rings. The zero-order valence-electron chi connectivity index (χ0n) is 51.9. The van der Waals surface area contributed by atoms with E-state index in [1.165, 1.54) is 280 Å². The Morgan fingerprint density at radius 3 is 0.849 bits per heavy atom. The highest BCUT2D eigenvalue weighted by atomic mass is 32.1. The Balaban J connectivity index is 0.800.